The fraction of sp³-hybridized carbons (Fsp3) is 0.389. The van der Waals surface area contributed by atoms with Crippen LogP contribution in [0.1, 0.15) is 79.1 Å². The molecule has 1 fully saturated rings. The number of carbonyl (C=O) groups excluding carboxylic acids is 2. The highest BCUT2D eigenvalue weighted by Gasteiger charge is 2.25. The summed E-state index contributed by atoms with van der Waals surface area (Å²) in [6.07, 6.45) is 3.15. The molecule has 10 heteroatoms. The van der Waals surface area contributed by atoms with Crippen LogP contribution in [0.3, 0.4) is 0 Å². The highest BCUT2D eigenvalue weighted by atomic mass is 35.5. The summed E-state index contributed by atoms with van der Waals surface area (Å²) in [7, 11) is 0. The van der Waals surface area contributed by atoms with Crippen molar-refractivity contribution < 1.29 is 23.5 Å². The van der Waals surface area contributed by atoms with Crippen LogP contribution in [0.4, 0.5) is 9.18 Å². The fourth-order valence-corrected chi connectivity index (χ4v) is 6.54. The number of hydrogen-bond donors (Lipinski definition) is 2. The van der Waals surface area contributed by atoms with Crippen LogP contribution in [0.25, 0.3) is 11.1 Å². The number of carbonyl (C=O) groups is 2. The Labute approximate surface area is 280 Å². The summed E-state index contributed by atoms with van der Waals surface area (Å²) in [5, 5.41) is 1.14. The number of hydrogen-bond acceptors (Lipinski definition) is 5. The summed E-state index contributed by atoms with van der Waals surface area (Å²) in [6.45, 7) is 7.41. The molecule has 244 valence electrons. The predicted octanol–water partition coefficient (Wildman–Crippen LogP) is 8.27. The van der Waals surface area contributed by atoms with Gasteiger partial charge in [-0.3, -0.25) is 19.5 Å². The van der Waals surface area contributed by atoms with Gasteiger partial charge < -0.3 is 9.47 Å². The van der Waals surface area contributed by atoms with Gasteiger partial charge in [-0.2, -0.15) is 0 Å². The Kier molecular flexibility index (Phi) is 10.9. The zero-order valence-electron chi connectivity index (χ0n) is 26.4. The molecule has 0 saturated carbocycles. The molecule has 2 amide bonds. The quantitative estimate of drug-likeness (QED) is 0.236. The third-order valence-electron chi connectivity index (χ3n) is 8.03. The van der Waals surface area contributed by atoms with Crippen molar-refractivity contribution in [1.29, 1.82) is 0 Å². The maximum atomic E-state index is 13.0. The van der Waals surface area contributed by atoms with Gasteiger partial charge in [-0.1, -0.05) is 47.5 Å². The van der Waals surface area contributed by atoms with Gasteiger partial charge in [0.2, 0.25) is 0 Å². The van der Waals surface area contributed by atoms with Crippen molar-refractivity contribution in [1.82, 2.24) is 15.8 Å². The molecule has 0 aromatic heterocycles. The number of nitrogens with one attached hydrogen (secondary N) is 2. The molecule has 2 N–H and O–H groups in total. The number of halogens is 3. The number of amides is 2. The van der Waals surface area contributed by atoms with Crippen LogP contribution in [-0.2, 0) is 11.2 Å². The Balaban J connectivity index is 1.44. The third kappa shape index (κ3) is 8.60. The number of benzene rings is 3. The molecule has 0 spiro atoms. The van der Waals surface area contributed by atoms with Crippen LogP contribution in [0.15, 0.2) is 60.7 Å². The first kappa shape index (κ1) is 33.8. The predicted molar refractivity (Wildman–Crippen MR) is 181 cm³/mol. The van der Waals surface area contributed by atoms with E-state index < -0.39 is 17.6 Å². The summed E-state index contributed by atoms with van der Waals surface area (Å²) < 4.78 is 24.1. The van der Waals surface area contributed by atoms with Crippen LogP contribution in [0.5, 0.6) is 5.75 Å². The maximum Gasteiger partial charge on any atom is 0.426 e. The lowest BCUT2D eigenvalue weighted by molar-refractivity contribution is 0.0483. The average Bonchev–Trinajstić information content (AvgIpc) is 3.36. The van der Waals surface area contributed by atoms with Crippen LogP contribution >= 0.6 is 23.2 Å². The zero-order chi connectivity index (χ0) is 32.8. The Hall–Kier alpha value is -3.59. The molecule has 46 heavy (non-hydrogen) atoms. The van der Waals surface area contributed by atoms with Gasteiger partial charge in [-0.05, 0) is 123 Å². The molecular formula is C36H40Cl2FN3O4. The van der Waals surface area contributed by atoms with Crippen molar-refractivity contribution >= 4 is 46.3 Å². The Morgan fingerprint density at radius 3 is 2.46 bits per heavy atom. The van der Waals surface area contributed by atoms with E-state index in [0.29, 0.717) is 22.0 Å². The van der Waals surface area contributed by atoms with Gasteiger partial charge in [0.1, 0.15) is 17.5 Å². The van der Waals surface area contributed by atoms with Gasteiger partial charge in [-0.15, -0.1) is 0 Å². The highest BCUT2D eigenvalue weighted by Crippen LogP contribution is 2.42. The van der Waals surface area contributed by atoms with E-state index in [0.717, 1.165) is 84.5 Å². The second-order valence-electron chi connectivity index (χ2n) is 12.7. The first-order chi connectivity index (χ1) is 22.0. The summed E-state index contributed by atoms with van der Waals surface area (Å²) in [5.74, 6) is 0.340. The van der Waals surface area contributed by atoms with Crippen LogP contribution < -0.4 is 15.6 Å². The van der Waals surface area contributed by atoms with Crippen molar-refractivity contribution in [3.05, 3.63) is 98.5 Å². The first-order valence-electron chi connectivity index (χ1n) is 15.7. The molecule has 7 nitrogen and oxygen atoms in total. The van der Waals surface area contributed by atoms with Crippen LogP contribution in [0, 0.1) is 0 Å². The standard InChI is InChI=1S/C36H40Cl2FN3O4/c1-36(2,3)46-35(44)41-40-34(43)25-10-14-29-24(20-25)6-4-7-31(30-15-11-26(37)21-32(30)38)33(29)23-8-12-27(13-9-23)45-28-16-19-42(22-28)18-5-17-39/h8-15,20-21,28H,4-7,16-19,22H2,1-3H3,(H,40,43)(H,41,44)/t28-/m0/s1. The smallest absolute Gasteiger partial charge is 0.426 e. The molecular weight excluding hydrogens is 628 g/mol. The number of rotatable bonds is 8. The second-order valence-corrected chi connectivity index (χ2v) is 13.5. The van der Waals surface area contributed by atoms with E-state index in [1.807, 2.05) is 36.4 Å². The number of hydrazine groups is 1. The van der Waals surface area contributed by atoms with E-state index in [2.05, 4.69) is 27.9 Å². The molecule has 0 bridgehead atoms. The fourth-order valence-electron chi connectivity index (χ4n) is 6.02. The van der Waals surface area contributed by atoms with Crippen LogP contribution in [-0.4, -0.2) is 54.9 Å². The molecule has 1 aliphatic carbocycles. The maximum absolute atomic E-state index is 13.0. The topological polar surface area (TPSA) is 79.9 Å². The van der Waals surface area contributed by atoms with Gasteiger partial charge >= 0.3 is 6.09 Å². The normalized spacial score (nSPS) is 16.9. The monoisotopic (exact) mass is 667 g/mol. The highest BCUT2D eigenvalue weighted by molar-refractivity contribution is 6.36. The number of fused-ring (bicyclic) bond motifs is 1. The molecule has 0 unspecified atom stereocenters. The number of ether oxygens (including phenoxy) is 2. The Morgan fingerprint density at radius 1 is 0.978 bits per heavy atom. The van der Waals surface area contributed by atoms with Crippen molar-refractivity contribution in [2.45, 2.75) is 64.6 Å². The minimum atomic E-state index is -0.736. The molecule has 0 radical (unpaired) electrons. The molecule has 5 rings (SSSR count). The summed E-state index contributed by atoms with van der Waals surface area (Å²) in [5.41, 5.74) is 10.5. The lowest BCUT2D eigenvalue weighted by atomic mass is 9.87. The zero-order valence-corrected chi connectivity index (χ0v) is 27.9. The summed E-state index contributed by atoms with van der Waals surface area (Å²) in [4.78, 5) is 27.3. The molecule has 1 atom stereocenters. The van der Waals surface area contributed by atoms with Gasteiger partial charge in [0, 0.05) is 35.2 Å². The lowest BCUT2D eigenvalue weighted by Gasteiger charge is -2.20. The molecule has 1 heterocycles. The van der Waals surface area contributed by atoms with Gasteiger partial charge in [0.25, 0.3) is 5.91 Å². The molecule has 1 aliphatic heterocycles. The van der Waals surface area contributed by atoms with E-state index in [-0.39, 0.29) is 12.8 Å². The molecule has 1 saturated heterocycles. The lowest BCUT2D eigenvalue weighted by Crippen LogP contribution is -2.44. The van der Waals surface area contributed by atoms with E-state index in [1.54, 1.807) is 32.9 Å². The van der Waals surface area contributed by atoms with E-state index in [4.69, 9.17) is 32.7 Å². The number of allylic oxidation sites excluding steroid dienone is 1. The van der Waals surface area contributed by atoms with E-state index in [1.165, 1.54) is 0 Å². The van der Waals surface area contributed by atoms with Crippen molar-refractivity contribution in [3.63, 3.8) is 0 Å². The number of nitrogens with zero attached hydrogens (tertiary/aromatic N) is 1. The minimum Gasteiger partial charge on any atom is -0.489 e. The molecule has 2 aliphatic rings. The number of aryl methyl sites for hydroxylation is 1. The number of alkyl halides is 1. The van der Waals surface area contributed by atoms with E-state index >= 15 is 0 Å². The Bertz CT molecular complexity index is 1600. The van der Waals surface area contributed by atoms with Gasteiger partial charge in [0.05, 0.1) is 6.67 Å². The average molecular weight is 669 g/mol. The summed E-state index contributed by atoms with van der Waals surface area (Å²) in [6, 6.07) is 19.2. The SMILES string of the molecule is CC(C)(C)OC(=O)NNC(=O)c1ccc2c(c1)CCCC(c1ccc(Cl)cc1Cl)=C2c1ccc(O[C@H]2CCN(CCCF)C2)cc1. The molecule has 3 aromatic carbocycles. The van der Waals surface area contributed by atoms with Gasteiger partial charge in [-0.25, -0.2) is 10.2 Å². The Morgan fingerprint density at radius 2 is 1.74 bits per heavy atom. The van der Waals surface area contributed by atoms with Crippen LogP contribution in [0.2, 0.25) is 10.0 Å². The molecule has 3 aromatic rings. The summed E-state index contributed by atoms with van der Waals surface area (Å²) >= 11 is 13.0. The van der Waals surface area contributed by atoms with E-state index in [9.17, 15) is 14.0 Å². The van der Waals surface area contributed by atoms with Crippen molar-refractivity contribution in [2.24, 2.45) is 0 Å². The van der Waals surface area contributed by atoms with Gasteiger partial charge in [0.15, 0.2) is 0 Å². The van der Waals surface area contributed by atoms with Crippen molar-refractivity contribution in [2.75, 3.05) is 26.3 Å². The number of likely N-dealkylation sites (tertiary alicyclic amines) is 1. The second kappa shape index (κ2) is 14.9. The first-order valence-corrected chi connectivity index (χ1v) is 16.4. The largest absolute Gasteiger partial charge is 0.489 e. The third-order valence-corrected chi connectivity index (χ3v) is 8.58. The minimum absolute atomic E-state index is 0.0705. The van der Waals surface area contributed by atoms with Crippen molar-refractivity contribution in [3.8, 4) is 5.75 Å².